The van der Waals surface area contributed by atoms with Gasteiger partial charge < -0.3 is 9.64 Å². The normalized spacial score (nSPS) is 17.0. The van der Waals surface area contributed by atoms with Crippen LogP contribution >= 0.6 is 23.2 Å². The van der Waals surface area contributed by atoms with E-state index in [4.69, 9.17) is 27.9 Å². The second kappa shape index (κ2) is 6.97. The lowest BCUT2D eigenvalue weighted by Gasteiger charge is -2.16. The van der Waals surface area contributed by atoms with Gasteiger partial charge in [0.25, 0.3) is 5.91 Å². The van der Waals surface area contributed by atoms with Gasteiger partial charge in [-0.3, -0.25) is 9.59 Å². The molecule has 0 aliphatic carbocycles. The minimum absolute atomic E-state index is 0.251. The maximum Gasteiger partial charge on any atom is 0.332 e. The Balaban J connectivity index is 1.92. The minimum atomic E-state index is -0.789. The van der Waals surface area contributed by atoms with Crippen molar-refractivity contribution < 1.29 is 19.1 Å². The molecule has 0 saturated carbocycles. The number of ether oxygens (including phenoxy) is 1. The highest BCUT2D eigenvalue weighted by atomic mass is 35.5. The highest BCUT2D eigenvalue weighted by molar-refractivity contribution is 6.42. The fraction of sp³-hybridized carbons (Fsp3) is 0.167. The average Bonchev–Trinajstić information content (AvgIpc) is 2.80. The van der Waals surface area contributed by atoms with E-state index < -0.39 is 23.9 Å². The zero-order valence-corrected chi connectivity index (χ0v) is 15.4. The summed E-state index contributed by atoms with van der Waals surface area (Å²) in [5, 5.41) is 0.585. The van der Waals surface area contributed by atoms with Crippen LogP contribution in [0.5, 0.6) is 5.75 Å². The summed E-state index contributed by atoms with van der Waals surface area (Å²) < 4.78 is 4.98. The van der Waals surface area contributed by atoms with Gasteiger partial charge in [0, 0.05) is 14.0 Å². The summed E-state index contributed by atoms with van der Waals surface area (Å²) in [4.78, 5) is 38.9. The summed E-state index contributed by atoms with van der Waals surface area (Å²) in [7, 11) is 1.54. The van der Waals surface area contributed by atoms with Crippen LogP contribution in [0.4, 0.5) is 10.5 Å². The zero-order chi connectivity index (χ0) is 19.0. The first-order valence-electron chi connectivity index (χ1n) is 7.64. The molecule has 0 N–H and O–H groups in total. The molecular formula is C18H14Cl2N2O4. The van der Waals surface area contributed by atoms with Gasteiger partial charge in [-0.2, -0.15) is 0 Å². The average molecular weight is 393 g/mol. The van der Waals surface area contributed by atoms with E-state index in [0.717, 1.165) is 4.90 Å². The number of imide groups is 1. The van der Waals surface area contributed by atoms with Gasteiger partial charge in [-0.1, -0.05) is 35.3 Å². The monoisotopic (exact) mass is 392 g/mol. The summed E-state index contributed by atoms with van der Waals surface area (Å²) in [5.41, 5.74) is 0.949. The molecule has 1 aliphatic rings. The highest BCUT2D eigenvalue weighted by Crippen LogP contribution is 2.36. The summed E-state index contributed by atoms with van der Waals surface area (Å²) in [5.74, 6) is -0.481. The molecule has 3 rings (SSSR count). The summed E-state index contributed by atoms with van der Waals surface area (Å²) in [6, 6.07) is 9.73. The van der Waals surface area contributed by atoms with Gasteiger partial charge >= 0.3 is 12.0 Å². The maximum atomic E-state index is 12.9. The van der Waals surface area contributed by atoms with Crippen LogP contribution in [-0.2, 0) is 9.59 Å². The number of benzene rings is 2. The van der Waals surface area contributed by atoms with Crippen LogP contribution in [0, 0.1) is 0 Å². The fourth-order valence-corrected chi connectivity index (χ4v) is 3.05. The number of anilines is 1. The van der Waals surface area contributed by atoms with Gasteiger partial charge in [0.1, 0.15) is 11.8 Å². The third kappa shape index (κ3) is 3.25. The highest BCUT2D eigenvalue weighted by Gasteiger charge is 2.44. The number of nitrogens with zero attached hydrogens (tertiary/aromatic N) is 2. The Hall–Kier alpha value is -2.57. The second-order valence-electron chi connectivity index (χ2n) is 5.73. The van der Waals surface area contributed by atoms with E-state index in [1.165, 1.54) is 24.0 Å². The van der Waals surface area contributed by atoms with Crippen molar-refractivity contribution in [2.75, 3.05) is 11.9 Å². The quantitative estimate of drug-likeness (QED) is 0.448. The van der Waals surface area contributed by atoms with E-state index in [-0.39, 0.29) is 5.02 Å². The first-order chi connectivity index (χ1) is 12.3. The van der Waals surface area contributed by atoms with Gasteiger partial charge in [-0.05, 0) is 35.9 Å². The molecule has 2 aromatic rings. The van der Waals surface area contributed by atoms with Crippen molar-refractivity contribution >= 4 is 46.8 Å². The lowest BCUT2D eigenvalue weighted by Crippen LogP contribution is -2.31. The smallest absolute Gasteiger partial charge is 0.332 e. The largest absolute Gasteiger partial charge is 0.427 e. The number of carbonyl (C=O) groups excluding carboxylic acids is 3. The number of likely N-dealkylation sites (N-methyl/N-ethyl adjacent to an activating group) is 1. The Bertz CT molecular complexity index is 899. The molecule has 2 aromatic carbocycles. The predicted molar refractivity (Wildman–Crippen MR) is 97.6 cm³/mol. The molecule has 26 heavy (non-hydrogen) atoms. The van der Waals surface area contributed by atoms with E-state index in [9.17, 15) is 14.4 Å². The minimum Gasteiger partial charge on any atom is -0.427 e. The zero-order valence-electron chi connectivity index (χ0n) is 13.9. The lowest BCUT2D eigenvalue weighted by atomic mass is 10.1. The van der Waals surface area contributed by atoms with Crippen molar-refractivity contribution in [1.29, 1.82) is 0 Å². The van der Waals surface area contributed by atoms with Gasteiger partial charge in [-0.25, -0.2) is 9.69 Å². The molecule has 3 amide bonds. The second-order valence-corrected chi connectivity index (χ2v) is 6.55. The number of amides is 3. The molecule has 1 atom stereocenters. The molecule has 134 valence electrons. The van der Waals surface area contributed by atoms with Crippen molar-refractivity contribution in [3.63, 3.8) is 0 Å². The molecule has 1 saturated heterocycles. The molecule has 1 heterocycles. The van der Waals surface area contributed by atoms with Crippen LogP contribution in [0.3, 0.4) is 0 Å². The molecule has 6 nitrogen and oxygen atoms in total. The van der Waals surface area contributed by atoms with Gasteiger partial charge in [0.2, 0.25) is 0 Å². The van der Waals surface area contributed by atoms with Gasteiger partial charge in [0.05, 0.1) is 15.7 Å². The van der Waals surface area contributed by atoms with Crippen molar-refractivity contribution in [1.82, 2.24) is 4.90 Å². The Labute approximate surface area is 159 Å². The Kier molecular flexibility index (Phi) is 4.89. The molecule has 0 radical (unpaired) electrons. The van der Waals surface area contributed by atoms with E-state index in [2.05, 4.69) is 0 Å². The van der Waals surface area contributed by atoms with Gasteiger partial charge in [0.15, 0.2) is 0 Å². The molecule has 8 heteroatoms. The maximum absolute atomic E-state index is 12.9. The standard InChI is InChI=1S/C18H14Cl2N2O4/c1-10(23)26-13-6-3-11(4-7-13)16-17(24)22(18(25)21(16)2)12-5-8-14(19)15(20)9-12/h3-9,16H,1-2H3. The number of halogens is 2. The number of esters is 1. The first-order valence-corrected chi connectivity index (χ1v) is 8.39. The number of rotatable bonds is 3. The van der Waals surface area contributed by atoms with Crippen LogP contribution < -0.4 is 9.64 Å². The number of hydrogen-bond donors (Lipinski definition) is 0. The molecule has 1 aliphatic heterocycles. The predicted octanol–water partition coefficient (Wildman–Crippen LogP) is 4.06. The molecule has 1 fully saturated rings. The van der Waals surface area contributed by atoms with Crippen LogP contribution in [-0.4, -0.2) is 29.9 Å². The SMILES string of the molecule is CC(=O)Oc1ccc(C2C(=O)N(c3ccc(Cl)c(Cl)c3)C(=O)N2C)cc1. The topological polar surface area (TPSA) is 66.9 Å². The third-order valence-corrected chi connectivity index (χ3v) is 4.69. The van der Waals surface area contributed by atoms with E-state index in [1.54, 1.807) is 37.4 Å². The van der Waals surface area contributed by atoms with Crippen molar-refractivity contribution in [2.24, 2.45) is 0 Å². The van der Waals surface area contributed by atoms with Crippen molar-refractivity contribution in [3.8, 4) is 5.75 Å². The van der Waals surface area contributed by atoms with E-state index in [0.29, 0.717) is 22.0 Å². The number of hydrogen-bond acceptors (Lipinski definition) is 4. The lowest BCUT2D eigenvalue weighted by molar-refractivity contribution is -0.131. The molecule has 0 bridgehead atoms. The summed E-state index contributed by atoms with van der Waals surface area (Å²) >= 11 is 11.9. The van der Waals surface area contributed by atoms with Crippen LogP contribution in [0.15, 0.2) is 42.5 Å². The molecule has 0 spiro atoms. The summed E-state index contributed by atoms with van der Waals surface area (Å²) in [6.45, 7) is 1.30. The Morgan fingerprint density at radius 3 is 2.27 bits per heavy atom. The fourth-order valence-electron chi connectivity index (χ4n) is 2.76. The van der Waals surface area contributed by atoms with E-state index in [1.807, 2.05) is 0 Å². The number of carbonyl (C=O) groups is 3. The molecular weight excluding hydrogens is 379 g/mol. The Morgan fingerprint density at radius 2 is 1.69 bits per heavy atom. The van der Waals surface area contributed by atoms with Crippen LogP contribution in [0.1, 0.15) is 18.5 Å². The molecule has 1 unspecified atom stereocenters. The van der Waals surface area contributed by atoms with Crippen molar-refractivity contribution in [2.45, 2.75) is 13.0 Å². The Morgan fingerprint density at radius 1 is 1.04 bits per heavy atom. The first kappa shape index (κ1) is 18.2. The van der Waals surface area contributed by atoms with Gasteiger partial charge in [-0.15, -0.1) is 0 Å². The van der Waals surface area contributed by atoms with Crippen LogP contribution in [0.25, 0.3) is 0 Å². The molecule has 0 aromatic heterocycles. The summed E-state index contributed by atoms with van der Waals surface area (Å²) in [6.07, 6.45) is 0. The van der Waals surface area contributed by atoms with Crippen molar-refractivity contribution in [3.05, 3.63) is 58.1 Å². The van der Waals surface area contributed by atoms with Crippen LogP contribution in [0.2, 0.25) is 10.0 Å². The van der Waals surface area contributed by atoms with E-state index >= 15 is 0 Å². The third-order valence-electron chi connectivity index (χ3n) is 3.95. The number of urea groups is 1.